The van der Waals surface area contributed by atoms with Gasteiger partial charge in [-0.1, -0.05) is 31.2 Å². The number of nitrogens with one attached hydrogen (secondary N) is 1. The smallest absolute Gasteiger partial charge is 0.193 e. The van der Waals surface area contributed by atoms with Crippen LogP contribution in [0.15, 0.2) is 53.5 Å². The first-order valence-electron chi connectivity index (χ1n) is 8.09. The Balaban J connectivity index is 0.00000288. The summed E-state index contributed by atoms with van der Waals surface area (Å²) in [4.78, 5) is 4.39. The summed E-state index contributed by atoms with van der Waals surface area (Å²) in [7, 11) is 0. The maximum Gasteiger partial charge on any atom is 0.193 e. The minimum atomic E-state index is 0. The SMILES string of the molecule is CCOc1cccc(CCN=C(N)Nc2cccc(CC)c2)c1.I. The standard InChI is InChI=1S/C19H25N3O.HI/c1-3-15-7-5-9-17(13-15)22-19(20)21-12-11-16-8-6-10-18(14-16)23-4-2;/h5-10,13-14H,3-4,11-12H2,1-2H3,(H3,20,21,22);1H. The third kappa shape index (κ3) is 6.78. The number of hydrogen-bond acceptors (Lipinski definition) is 2. The minimum absolute atomic E-state index is 0. The molecule has 2 rings (SSSR count). The van der Waals surface area contributed by atoms with Crippen molar-refractivity contribution in [2.24, 2.45) is 10.7 Å². The molecule has 2 aromatic rings. The molecule has 0 spiro atoms. The van der Waals surface area contributed by atoms with Gasteiger partial charge in [0, 0.05) is 12.2 Å². The molecule has 130 valence electrons. The average Bonchev–Trinajstić information content (AvgIpc) is 2.56. The van der Waals surface area contributed by atoms with E-state index in [1.807, 2.05) is 37.3 Å². The Morgan fingerprint density at radius 1 is 1.08 bits per heavy atom. The Labute approximate surface area is 161 Å². The second-order valence-corrected chi connectivity index (χ2v) is 5.28. The summed E-state index contributed by atoms with van der Waals surface area (Å²) in [6, 6.07) is 16.3. The van der Waals surface area contributed by atoms with Crippen molar-refractivity contribution >= 4 is 35.6 Å². The van der Waals surface area contributed by atoms with E-state index in [1.165, 1.54) is 11.1 Å². The fraction of sp³-hybridized carbons (Fsp3) is 0.316. The summed E-state index contributed by atoms with van der Waals surface area (Å²) < 4.78 is 5.50. The highest BCUT2D eigenvalue weighted by atomic mass is 127. The molecular formula is C19H26IN3O. The molecule has 0 saturated carbocycles. The van der Waals surface area contributed by atoms with E-state index in [-0.39, 0.29) is 24.0 Å². The van der Waals surface area contributed by atoms with Gasteiger partial charge in [0.25, 0.3) is 0 Å². The number of halogens is 1. The van der Waals surface area contributed by atoms with Crippen molar-refractivity contribution in [1.29, 1.82) is 0 Å². The van der Waals surface area contributed by atoms with Crippen molar-refractivity contribution < 1.29 is 4.74 Å². The van der Waals surface area contributed by atoms with Gasteiger partial charge >= 0.3 is 0 Å². The molecule has 0 aliphatic heterocycles. The number of nitrogens with two attached hydrogens (primary N) is 1. The van der Waals surface area contributed by atoms with Crippen LogP contribution in [0.5, 0.6) is 5.75 Å². The molecule has 0 aliphatic carbocycles. The van der Waals surface area contributed by atoms with E-state index >= 15 is 0 Å². The van der Waals surface area contributed by atoms with Crippen LogP contribution in [0.3, 0.4) is 0 Å². The Bertz CT molecular complexity index is 659. The molecule has 0 aliphatic rings. The Hall–Kier alpha value is -1.76. The molecule has 3 N–H and O–H groups in total. The summed E-state index contributed by atoms with van der Waals surface area (Å²) >= 11 is 0. The van der Waals surface area contributed by atoms with Crippen molar-refractivity contribution in [3.8, 4) is 5.75 Å². The summed E-state index contributed by atoms with van der Waals surface area (Å²) in [5.74, 6) is 1.34. The minimum Gasteiger partial charge on any atom is -0.494 e. The number of nitrogens with zero attached hydrogens (tertiary/aromatic N) is 1. The second-order valence-electron chi connectivity index (χ2n) is 5.28. The molecule has 2 aromatic carbocycles. The zero-order valence-corrected chi connectivity index (χ0v) is 16.6. The molecule has 0 fully saturated rings. The summed E-state index contributed by atoms with van der Waals surface area (Å²) in [5, 5.41) is 3.14. The molecule has 0 aromatic heterocycles. The van der Waals surface area contributed by atoms with E-state index in [9.17, 15) is 0 Å². The van der Waals surface area contributed by atoms with Gasteiger partial charge in [-0.25, -0.2) is 0 Å². The number of benzene rings is 2. The van der Waals surface area contributed by atoms with Crippen LogP contribution in [0.25, 0.3) is 0 Å². The number of rotatable bonds is 7. The molecule has 0 atom stereocenters. The summed E-state index contributed by atoms with van der Waals surface area (Å²) in [6.07, 6.45) is 1.83. The van der Waals surface area contributed by atoms with Crippen molar-refractivity contribution in [3.63, 3.8) is 0 Å². The van der Waals surface area contributed by atoms with Crippen LogP contribution in [-0.4, -0.2) is 19.1 Å². The van der Waals surface area contributed by atoms with Gasteiger partial charge in [0.1, 0.15) is 5.75 Å². The van der Waals surface area contributed by atoms with E-state index in [1.54, 1.807) is 0 Å². The molecule has 4 nitrogen and oxygen atoms in total. The van der Waals surface area contributed by atoms with Crippen molar-refractivity contribution in [2.75, 3.05) is 18.5 Å². The highest BCUT2D eigenvalue weighted by Crippen LogP contribution is 2.14. The zero-order chi connectivity index (χ0) is 16.5. The number of aliphatic imine (C=N–C) groups is 1. The van der Waals surface area contributed by atoms with E-state index < -0.39 is 0 Å². The van der Waals surface area contributed by atoms with Crippen molar-refractivity contribution in [3.05, 3.63) is 59.7 Å². The summed E-state index contributed by atoms with van der Waals surface area (Å²) in [6.45, 7) is 5.43. The lowest BCUT2D eigenvalue weighted by atomic mass is 10.1. The van der Waals surface area contributed by atoms with Crippen molar-refractivity contribution in [1.82, 2.24) is 0 Å². The Morgan fingerprint density at radius 3 is 2.58 bits per heavy atom. The van der Waals surface area contributed by atoms with Crippen LogP contribution in [0.2, 0.25) is 0 Å². The number of anilines is 1. The van der Waals surface area contributed by atoms with Gasteiger partial charge in [-0.05, 0) is 55.2 Å². The van der Waals surface area contributed by atoms with E-state index in [0.29, 0.717) is 19.1 Å². The first-order valence-corrected chi connectivity index (χ1v) is 8.09. The Kier molecular flexibility index (Phi) is 9.22. The number of hydrogen-bond donors (Lipinski definition) is 2. The number of ether oxygens (including phenoxy) is 1. The molecule has 5 heteroatoms. The lowest BCUT2D eigenvalue weighted by Crippen LogP contribution is -2.23. The van der Waals surface area contributed by atoms with E-state index in [2.05, 4.69) is 35.4 Å². The van der Waals surface area contributed by atoms with Gasteiger partial charge < -0.3 is 15.8 Å². The predicted octanol–water partition coefficient (Wildman–Crippen LogP) is 4.24. The van der Waals surface area contributed by atoms with Gasteiger partial charge in [0.05, 0.1) is 6.61 Å². The molecular weight excluding hydrogens is 413 g/mol. The molecule has 0 unspecified atom stereocenters. The predicted molar refractivity (Wildman–Crippen MR) is 113 cm³/mol. The van der Waals surface area contributed by atoms with E-state index in [0.717, 1.165) is 24.3 Å². The van der Waals surface area contributed by atoms with Crippen LogP contribution < -0.4 is 15.8 Å². The summed E-state index contributed by atoms with van der Waals surface area (Å²) in [5.41, 5.74) is 9.40. The zero-order valence-electron chi connectivity index (χ0n) is 14.3. The van der Waals surface area contributed by atoms with Crippen LogP contribution >= 0.6 is 24.0 Å². The normalized spacial score (nSPS) is 10.8. The largest absolute Gasteiger partial charge is 0.494 e. The highest BCUT2D eigenvalue weighted by Gasteiger charge is 1.98. The Morgan fingerprint density at radius 2 is 1.83 bits per heavy atom. The van der Waals surface area contributed by atoms with Gasteiger partial charge in [0.15, 0.2) is 5.96 Å². The maximum absolute atomic E-state index is 5.95. The molecule has 0 bridgehead atoms. The maximum atomic E-state index is 5.95. The molecule has 0 radical (unpaired) electrons. The van der Waals surface area contributed by atoms with E-state index in [4.69, 9.17) is 10.5 Å². The van der Waals surface area contributed by atoms with Crippen LogP contribution in [0, 0.1) is 0 Å². The third-order valence-corrected chi connectivity index (χ3v) is 3.50. The van der Waals surface area contributed by atoms with Crippen molar-refractivity contribution in [2.45, 2.75) is 26.7 Å². The van der Waals surface area contributed by atoms with Crippen LogP contribution in [0.1, 0.15) is 25.0 Å². The first kappa shape index (κ1) is 20.3. The monoisotopic (exact) mass is 439 g/mol. The quantitative estimate of drug-likeness (QED) is 0.386. The number of aryl methyl sites for hydroxylation is 1. The lowest BCUT2D eigenvalue weighted by Gasteiger charge is -2.08. The molecule has 0 saturated heterocycles. The average molecular weight is 439 g/mol. The third-order valence-electron chi connectivity index (χ3n) is 3.50. The van der Waals surface area contributed by atoms with Gasteiger partial charge in [0.2, 0.25) is 0 Å². The van der Waals surface area contributed by atoms with Crippen LogP contribution in [0.4, 0.5) is 5.69 Å². The lowest BCUT2D eigenvalue weighted by molar-refractivity contribution is 0.340. The molecule has 24 heavy (non-hydrogen) atoms. The topological polar surface area (TPSA) is 59.6 Å². The van der Waals surface area contributed by atoms with Crippen LogP contribution in [-0.2, 0) is 12.8 Å². The molecule has 0 heterocycles. The first-order chi connectivity index (χ1) is 11.2. The van der Waals surface area contributed by atoms with Gasteiger partial charge in [-0.3, -0.25) is 4.99 Å². The molecule has 0 amide bonds. The van der Waals surface area contributed by atoms with Gasteiger partial charge in [-0.2, -0.15) is 0 Å². The fourth-order valence-electron chi connectivity index (χ4n) is 2.32. The van der Waals surface area contributed by atoms with Gasteiger partial charge in [-0.15, -0.1) is 24.0 Å². The number of guanidine groups is 1. The highest BCUT2D eigenvalue weighted by molar-refractivity contribution is 14.0. The fourth-order valence-corrected chi connectivity index (χ4v) is 2.32. The second kappa shape index (κ2) is 10.9.